The summed E-state index contributed by atoms with van der Waals surface area (Å²) < 4.78 is 6.35. The topological polar surface area (TPSA) is 93.9 Å². The maximum absolute atomic E-state index is 11.6. The Morgan fingerprint density at radius 2 is 2.35 bits per heavy atom. The van der Waals surface area contributed by atoms with E-state index in [0.717, 1.165) is 0 Å². The van der Waals surface area contributed by atoms with Crippen LogP contribution < -0.4 is 5.73 Å². The van der Waals surface area contributed by atoms with Gasteiger partial charge < -0.3 is 10.5 Å². The molecule has 2 rings (SSSR count). The number of imidazole rings is 1. The van der Waals surface area contributed by atoms with E-state index in [4.69, 9.17) is 27.3 Å². The van der Waals surface area contributed by atoms with Crippen LogP contribution in [0.4, 0.5) is 5.82 Å². The molecule has 0 atom stereocenters. The van der Waals surface area contributed by atoms with Gasteiger partial charge in [-0.05, 0) is 25.1 Å². The fourth-order valence-electron chi connectivity index (χ4n) is 1.66. The number of nitrogens with two attached hydrogens (primary N) is 1. The highest BCUT2D eigenvalue weighted by Gasteiger charge is 2.17. The number of hydrogen-bond acceptors (Lipinski definition) is 5. The van der Waals surface area contributed by atoms with Crippen molar-refractivity contribution in [2.45, 2.75) is 6.92 Å². The number of nitriles is 1. The van der Waals surface area contributed by atoms with E-state index in [9.17, 15) is 4.79 Å². The van der Waals surface area contributed by atoms with Gasteiger partial charge in [-0.1, -0.05) is 11.6 Å². The third-order valence-electron chi connectivity index (χ3n) is 2.62. The number of nitrogen functional groups attached to an aromatic ring is 1. The summed E-state index contributed by atoms with van der Waals surface area (Å²) in [6.45, 7) is 1.94. The minimum absolute atomic E-state index is 0.0485. The molecule has 1 aromatic heterocycles. The first-order valence-corrected chi connectivity index (χ1v) is 6.16. The summed E-state index contributed by atoms with van der Waals surface area (Å²) in [5.74, 6) is -0.423. The molecule has 7 heteroatoms. The number of anilines is 1. The number of aromatic nitrogens is 2. The van der Waals surface area contributed by atoms with E-state index in [2.05, 4.69) is 4.98 Å². The highest BCUT2D eigenvalue weighted by molar-refractivity contribution is 6.31. The van der Waals surface area contributed by atoms with E-state index < -0.39 is 5.97 Å². The number of rotatable bonds is 3. The highest BCUT2D eigenvalue weighted by atomic mass is 35.5. The van der Waals surface area contributed by atoms with E-state index in [1.165, 1.54) is 10.9 Å². The standard InChI is InChI=1S/C13H11ClN4O2/c1-2-20-13(19)11-12(16)18(7-17-11)9-4-3-8(6-15)10(14)5-9/h3-5,7H,2,16H2,1H3. The fourth-order valence-corrected chi connectivity index (χ4v) is 1.88. The molecule has 2 aromatic rings. The van der Waals surface area contributed by atoms with Crippen molar-refractivity contribution in [3.05, 3.63) is 40.8 Å². The molecule has 0 fully saturated rings. The van der Waals surface area contributed by atoms with Gasteiger partial charge in [0, 0.05) is 0 Å². The molecule has 1 heterocycles. The van der Waals surface area contributed by atoms with Crippen LogP contribution in [0.15, 0.2) is 24.5 Å². The minimum atomic E-state index is -0.580. The normalized spacial score (nSPS) is 10.1. The second kappa shape index (κ2) is 5.63. The number of benzene rings is 1. The molecule has 20 heavy (non-hydrogen) atoms. The van der Waals surface area contributed by atoms with Crippen LogP contribution in [0.25, 0.3) is 5.69 Å². The lowest BCUT2D eigenvalue weighted by molar-refractivity contribution is 0.0521. The van der Waals surface area contributed by atoms with Gasteiger partial charge in [-0.25, -0.2) is 9.78 Å². The Labute approximate surface area is 120 Å². The molecule has 1 aromatic carbocycles. The number of carbonyl (C=O) groups is 1. The van der Waals surface area contributed by atoms with E-state index in [0.29, 0.717) is 16.3 Å². The molecule has 0 spiro atoms. The van der Waals surface area contributed by atoms with Gasteiger partial charge in [0.25, 0.3) is 0 Å². The van der Waals surface area contributed by atoms with Crippen LogP contribution in [-0.4, -0.2) is 22.1 Å². The molecule has 0 aliphatic rings. The molecule has 0 bridgehead atoms. The van der Waals surface area contributed by atoms with E-state index >= 15 is 0 Å². The Bertz CT molecular complexity index is 703. The smallest absolute Gasteiger partial charge is 0.360 e. The van der Waals surface area contributed by atoms with Crippen LogP contribution in [-0.2, 0) is 4.74 Å². The summed E-state index contributed by atoms with van der Waals surface area (Å²) >= 11 is 5.96. The maximum Gasteiger partial charge on any atom is 0.360 e. The largest absolute Gasteiger partial charge is 0.461 e. The minimum Gasteiger partial charge on any atom is -0.461 e. The van der Waals surface area contributed by atoms with Crippen molar-refractivity contribution in [3.8, 4) is 11.8 Å². The molecule has 0 aliphatic carbocycles. The van der Waals surface area contributed by atoms with Crippen LogP contribution >= 0.6 is 11.6 Å². The van der Waals surface area contributed by atoms with Gasteiger partial charge in [-0.15, -0.1) is 0 Å². The summed E-state index contributed by atoms with van der Waals surface area (Å²) in [5, 5.41) is 9.13. The second-order valence-corrected chi connectivity index (χ2v) is 4.25. The average molecular weight is 291 g/mol. The number of hydrogen-bond donors (Lipinski definition) is 1. The van der Waals surface area contributed by atoms with Crippen molar-refractivity contribution >= 4 is 23.4 Å². The Morgan fingerprint density at radius 1 is 1.60 bits per heavy atom. The molecule has 6 nitrogen and oxygen atoms in total. The first-order chi connectivity index (χ1) is 9.58. The Balaban J connectivity index is 2.42. The zero-order valence-electron chi connectivity index (χ0n) is 10.6. The Kier molecular flexibility index (Phi) is 3.91. The van der Waals surface area contributed by atoms with E-state index in [1.54, 1.807) is 25.1 Å². The fraction of sp³-hybridized carbons (Fsp3) is 0.154. The molecule has 0 amide bonds. The highest BCUT2D eigenvalue weighted by Crippen LogP contribution is 2.23. The molecule has 2 N–H and O–H groups in total. The molecule has 0 saturated heterocycles. The van der Waals surface area contributed by atoms with Gasteiger partial charge in [-0.2, -0.15) is 5.26 Å². The van der Waals surface area contributed by atoms with Crippen molar-refractivity contribution in [1.29, 1.82) is 5.26 Å². The van der Waals surface area contributed by atoms with Crippen molar-refractivity contribution in [1.82, 2.24) is 9.55 Å². The van der Waals surface area contributed by atoms with E-state index in [-0.39, 0.29) is 18.1 Å². The molecular weight excluding hydrogens is 280 g/mol. The van der Waals surface area contributed by atoms with Crippen molar-refractivity contribution in [2.75, 3.05) is 12.3 Å². The lowest BCUT2D eigenvalue weighted by Crippen LogP contribution is -2.09. The monoisotopic (exact) mass is 290 g/mol. The predicted molar refractivity (Wildman–Crippen MR) is 73.7 cm³/mol. The van der Waals surface area contributed by atoms with Crippen LogP contribution in [0.2, 0.25) is 5.02 Å². The third-order valence-corrected chi connectivity index (χ3v) is 2.94. The molecule has 0 unspecified atom stereocenters. The first-order valence-electron chi connectivity index (χ1n) is 5.78. The number of carbonyl (C=O) groups excluding carboxylic acids is 1. The van der Waals surface area contributed by atoms with Crippen LogP contribution in [0.5, 0.6) is 0 Å². The second-order valence-electron chi connectivity index (χ2n) is 3.84. The zero-order chi connectivity index (χ0) is 14.7. The van der Waals surface area contributed by atoms with Crippen molar-refractivity contribution < 1.29 is 9.53 Å². The van der Waals surface area contributed by atoms with Gasteiger partial charge >= 0.3 is 5.97 Å². The number of ether oxygens (including phenoxy) is 1. The summed E-state index contributed by atoms with van der Waals surface area (Å²) in [4.78, 5) is 15.6. The average Bonchev–Trinajstić information content (AvgIpc) is 2.81. The zero-order valence-corrected chi connectivity index (χ0v) is 11.4. The van der Waals surface area contributed by atoms with Gasteiger partial charge in [0.2, 0.25) is 0 Å². The third kappa shape index (κ3) is 2.44. The lowest BCUT2D eigenvalue weighted by Gasteiger charge is -2.06. The van der Waals surface area contributed by atoms with Gasteiger partial charge in [0.1, 0.15) is 18.2 Å². The summed E-state index contributed by atoms with van der Waals surface area (Å²) in [6.07, 6.45) is 1.40. The number of esters is 1. The lowest BCUT2D eigenvalue weighted by atomic mass is 10.2. The van der Waals surface area contributed by atoms with Crippen molar-refractivity contribution in [3.63, 3.8) is 0 Å². The van der Waals surface area contributed by atoms with Gasteiger partial charge in [-0.3, -0.25) is 4.57 Å². The number of nitrogens with zero attached hydrogens (tertiary/aromatic N) is 3. The molecule has 0 saturated carbocycles. The summed E-state index contributed by atoms with van der Waals surface area (Å²) in [6, 6.07) is 6.78. The Morgan fingerprint density at radius 3 is 2.95 bits per heavy atom. The molecular formula is C13H11ClN4O2. The first kappa shape index (κ1) is 13.9. The summed E-state index contributed by atoms with van der Waals surface area (Å²) in [7, 11) is 0. The van der Waals surface area contributed by atoms with Crippen LogP contribution in [0, 0.1) is 11.3 Å². The van der Waals surface area contributed by atoms with E-state index in [1.807, 2.05) is 6.07 Å². The molecule has 102 valence electrons. The van der Waals surface area contributed by atoms with Gasteiger partial charge in [0.05, 0.1) is 22.9 Å². The van der Waals surface area contributed by atoms with Crippen molar-refractivity contribution in [2.24, 2.45) is 0 Å². The Hall–Kier alpha value is -2.52. The van der Waals surface area contributed by atoms with Crippen LogP contribution in [0.1, 0.15) is 23.0 Å². The molecule has 0 radical (unpaired) electrons. The molecule has 0 aliphatic heterocycles. The van der Waals surface area contributed by atoms with Crippen LogP contribution in [0.3, 0.4) is 0 Å². The predicted octanol–water partition coefficient (Wildman–Crippen LogP) is 2.16. The van der Waals surface area contributed by atoms with Gasteiger partial charge in [0.15, 0.2) is 5.69 Å². The summed E-state index contributed by atoms with van der Waals surface area (Å²) in [5.41, 5.74) is 6.89. The maximum atomic E-state index is 11.6. The quantitative estimate of drug-likeness (QED) is 0.874. The number of halogens is 1. The SMILES string of the molecule is CCOC(=O)c1ncn(-c2ccc(C#N)c(Cl)c2)c1N.